The van der Waals surface area contributed by atoms with Gasteiger partial charge in [0.15, 0.2) is 0 Å². The number of piperazine rings is 1. The summed E-state index contributed by atoms with van der Waals surface area (Å²) < 4.78 is 91.6. The fourth-order valence-corrected chi connectivity index (χ4v) is 6.07. The lowest BCUT2D eigenvalue weighted by Crippen LogP contribution is -2.50. The fourth-order valence-electron chi connectivity index (χ4n) is 3.14. The molecule has 0 aliphatic carbocycles. The lowest BCUT2D eigenvalue weighted by atomic mass is 10.1. The molecule has 1 fully saturated rings. The molecule has 1 heterocycles. The smallest absolute Gasteiger partial charge is 0.207 e. The van der Waals surface area contributed by atoms with Crippen LogP contribution < -0.4 is 0 Å². The molecule has 164 valence electrons. The Morgan fingerprint density at radius 3 is 1.57 bits per heavy atom. The van der Waals surface area contributed by atoms with E-state index in [2.05, 4.69) is 0 Å². The predicted molar refractivity (Wildman–Crippen MR) is 105 cm³/mol. The van der Waals surface area contributed by atoms with E-state index in [1.807, 2.05) is 13.8 Å². The van der Waals surface area contributed by atoms with Gasteiger partial charge in [-0.25, -0.2) is 16.8 Å². The summed E-state index contributed by atoms with van der Waals surface area (Å²) in [5.74, 6) is 0. The highest BCUT2D eigenvalue weighted by Crippen LogP contribution is 2.30. The van der Waals surface area contributed by atoms with Crippen LogP contribution in [0.25, 0.3) is 0 Å². The summed E-state index contributed by atoms with van der Waals surface area (Å²) in [6, 6.07) is 8.07. The molecule has 1 saturated heterocycles. The number of nitrogens with zero attached hydrogens (tertiary/aromatic N) is 2. The zero-order chi connectivity index (χ0) is 22.3. The van der Waals surface area contributed by atoms with Crippen molar-refractivity contribution < 1.29 is 30.0 Å². The van der Waals surface area contributed by atoms with Crippen molar-refractivity contribution in [3.63, 3.8) is 0 Å². The summed E-state index contributed by atoms with van der Waals surface area (Å²) in [5, 5.41) is 0. The van der Waals surface area contributed by atoms with Gasteiger partial charge in [0.25, 0.3) is 0 Å². The molecule has 3 rings (SSSR count). The first kappa shape index (κ1) is 22.7. The zero-order valence-corrected chi connectivity index (χ0v) is 18.0. The van der Waals surface area contributed by atoms with Crippen molar-refractivity contribution in [1.82, 2.24) is 8.61 Å². The van der Waals surface area contributed by atoms with E-state index >= 15 is 0 Å². The number of halogens is 3. The molecule has 0 aromatic heterocycles. The van der Waals surface area contributed by atoms with Crippen LogP contribution in [0.4, 0.5) is 13.2 Å². The van der Waals surface area contributed by atoms with Crippen LogP contribution in [0.3, 0.4) is 0 Å². The van der Waals surface area contributed by atoms with E-state index in [-0.39, 0.29) is 36.0 Å². The molecule has 0 spiro atoms. The molecule has 0 bridgehead atoms. The first-order valence-electron chi connectivity index (χ1n) is 9.08. The highest BCUT2D eigenvalue weighted by atomic mass is 32.2. The highest BCUT2D eigenvalue weighted by Gasteiger charge is 2.35. The standard InChI is InChI=1S/C19H21F3N2O4S2/c1-14-3-6-18(13-15(14)2)30(27,28)24-11-9-23(10-12-24)29(25,26)17-7-4-16(5-8-17)19(20,21)22/h3-8,13H,9-12H2,1-2H3. The van der Waals surface area contributed by atoms with E-state index in [9.17, 15) is 30.0 Å². The van der Waals surface area contributed by atoms with Crippen molar-refractivity contribution in [3.8, 4) is 0 Å². The molecule has 0 N–H and O–H groups in total. The molecule has 2 aromatic rings. The van der Waals surface area contributed by atoms with Crippen molar-refractivity contribution in [2.24, 2.45) is 0 Å². The highest BCUT2D eigenvalue weighted by molar-refractivity contribution is 7.89. The van der Waals surface area contributed by atoms with Crippen molar-refractivity contribution in [1.29, 1.82) is 0 Å². The van der Waals surface area contributed by atoms with Gasteiger partial charge in [-0.2, -0.15) is 21.8 Å². The van der Waals surface area contributed by atoms with E-state index < -0.39 is 31.8 Å². The van der Waals surface area contributed by atoms with Crippen molar-refractivity contribution in [2.75, 3.05) is 26.2 Å². The Morgan fingerprint density at radius 1 is 0.700 bits per heavy atom. The Bertz CT molecular complexity index is 1140. The molecule has 30 heavy (non-hydrogen) atoms. The van der Waals surface area contributed by atoms with Crippen LogP contribution in [0, 0.1) is 13.8 Å². The molecular weight excluding hydrogens is 441 g/mol. The molecular formula is C19H21F3N2O4S2. The summed E-state index contributed by atoms with van der Waals surface area (Å²) in [7, 11) is -7.80. The van der Waals surface area contributed by atoms with Crippen LogP contribution in [-0.2, 0) is 26.2 Å². The van der Waals surface area contributed by atoms with Crippen molar-refractivity contribution in [3.05, 3.63) is 59.2 Å². The maximum Gasteiger partial charge on any atom is 0.416 e. The largest absolute Gasteiger partial charge is 0.416 e. The number of alkyl halides is 3. The molecule has 0 unspecified atom stereocenters. The molecule has 1 aliphatic heterocycles. The van der Waals surface area contributed by atoms with Gasteiger partial charge in [-0.1, -0.05) is 6.07 Å². The fraction of sp³-hybridized carbons (Fsp3) is 0.368. The molecule has 2 aromatic carbocycles. The van der Waals surface area contributed by atoms with Crippen LogP contribution in [0.15, 0.2) is 52.3 Å². The lowest BCUT2D eigenvalue weighted by Gasteiger charge is -2.33. The van der Waals surface area contributed by atoms with Crippen LogP contribution in [0.1, 0.15) is 16.7 Å². The average molecular weight is 463 g/mol. The first-order chi connectivity index (χ1) is 13.8. The summed E-state index contributed by atoms with van der Waals surface area (Å²) in [6.45, 7) is 3.41. The second-order valence-electron chi connectivity index (χ2n) is 7.08. The van der Waals surface area contributed by atoms with Gasteiger partial charge in [0.05, 0.1) is 15.4 Å². The third-order valence-corrected chi connectivity index (χ3v) is 8.94. The Morgan fingerprint density at radius 2 is 1.13 bits per heavy atom. The van der Waals surface area contributed by atoms with Gasteiger partial charge < -0.3 is 0 Å². The Hall–Kier alpha value is -1.95. The minimum atomic E-state index is -4.56. The number of benzene rings is 2. The molecule has 1 aliphatic rings. The van der Waals surface area contributed by atoms with E-state index in [0.29, 0.717) is 12.1 Å². The summed E-state index contributed by atoms with van der Waals surface area (Å²) in [5.41, 5.74) is 0.853. The van der Waals surface area contributed by atoms with Gasteiger partial charge in [0.2, 0.25) is 20.0 Å². The third-order valence-electron chi connectivity index (χ3n) is 5.13. The molecule has 6 nitrogen and oxygen atoms in total. The molecule has 0 amide bonds. The normalized spacial score (nSPS) is 17.2. The van der Waals surface area contributed by atoms with Crippen LogP contribution in [-0.4, -0.2) is 51.6 Å². The number of sulfonamides is 2. The van der Waals surface area contributed by atoms with Crippen LogP contribution >= 0.6 is 0 Å². The SMILES string of the molecule is Cc1ccc(S(=O)(=O)N2CCN(S(=O)(=O)c3ccc(C(F)(F)F)cc3)CC2)cc1C. The van der Waals surface area contributed by atoms with E-state index in [1.165, 1.54) is 10.4 Å². The maximum atomic E-state index is 12.9. The Labute approximate surface area is 174 Å². The number of hydrogen-bond acceptors (Lipinski definition) is 4. The second-order valence-corrected chi connectivity index (χ2v) is 11.0. The minimum Gasteiger partial charge on any atom is -0.207 e. The van der Waals surface area contributed by atoms with Gasteiger partial charge in [-0.15, -0.1) is 0 Å². The second kappa shape index (κ2) is 7.95. The summed E-state index contributed by atoms with van der Waals surface area (Å²) in [4.78, 5) is -0.120. The predicted octanol–water partition coefficient (Wildman–Crippen LogP) is 3.02. The molecule has 11 heteroatoms. The van der Waals surface area contributed by atoms with Gasteiger partial charge >= 0.3 is 6.18 Å². The number of rotatable bonds is 4. The third kappa shape index (κ3) is 4.39. The van der Waals surface area contributed by atoms with Gasteiger partial charge in [-0.3, -0.25) is 0 Å². The summed E-state index contributed by atoms with van der Waals surface area (Å²) in [6.07, 6.45) is -4.56. The van der Waals surface area contributed by atoms with E-state index in [4.69, 9.17) is 0 Å². The first-order valence-corrected chi connectivity index (χ1v) is 12.0. The van der Waals surface area contributed by atoms with Crippen molar-refractivity contribution in [2.45, 2.75) is 29.8 Å². The lowest BCUT2D eigenvalue weighted by molar-refractivity contribution is -0.137. The van der Waals surface area contributed by atoms with Gasteiger partial charge in [0.1, 0.15) is 0 Å². The number of aryl methyl sites for hydroxylation is 2. The minimum absolute atomic E-state index is 0.0465. The van der Waals surface area contributed by atoms with Crippen molar-refractivity contribution >= 4 is 20.0 Å². The van der Waals surface area contributed by atoms with E-state index in [0.717, 1.165) is 27.6 Å². The topological polar surface area (TPSA) is 74.8 Å². The maximum absolute atomic E-state index is 12.9. The monoisotopic (exact) mass is 462 g/mol. The average Bonchev–Trinajstić information content (AvgIpc) is 2.69. The molecule has 0 saturated carbocycles. The van der Waals surface area contributed by atoms with E-state index in [1.54, 1.807) is 12.1 Å². The molecule has 0 atom stereocenters. The summed E-state index contributed by atoms with van der Waals surface area (Å²) >= 11 is 0. The molecule has 0 radical (unpaired) electrons. The van der Waals surface area contributed by atoms with Gasteiger partial charge in [-0.05, 0) is 61.4 Å². The van der Waals surface area contributed by atoms with Crippen LogP contribution in [0.5, 0.6) is 0 Å². The number of hydrogen-bond donors (Lipinski definition) is 0. The van der Waals surface area contributed by atoms with Crippen LogP contribution in [0.2, 0.25) is 0 Å². The Balaban J connectivity index is 1.75. The Kier molecular flexibility index (Phi) is 6.02. The zero-order valence-electron chi connectivity index (χ0n) is 16.3. The quantitative estimate of drug-likeness (QED) is 0.700. The van der Waals surface area contributed by atoms with Gasteiger partial charge in [0, 0.05) is 26.2 Å².